The topological polar surface area (TPSA) is 75.5 Å². The normalized spacial score (nSPS) is 17.0. The number of benzene rings is 3. The number of nitrogens with zero attached hydrogens (tertiary/aromatic N) is 2. The number of nitro groups is 1. The molecule has 3 aromatic carbocycles. The lowest BCUT2D eigenvalue weighted by Gasteiger charge is -2.25. The molecule has 1 amide bonds. The van der Waals surface area contributed by atoms with Crippen LogP contribution in [0.1, 0.15) is 17.3 Å². The third kappa shape index (κ3) is 4.32. The smallest absolute Gasteiger partial charge is 0.276 e. The van der Waals surface area contributed by atoms with Crippen LogP contribution in [0, 0.1) is 10.1 Å². The summed E-state index contributed by atoms with van der Waals surface area (Å²) in [7, 11) is 0. The van der Waals surface area contributed by atoms with Crippen LogP contribution in [0.25, 0.3) is 6.08 Å². The Labute approximate surface area is 199 Å². The zero-order chi connectivity index (χ0) is 22.8. The van der Waals surface area contributed by atoms with E-state index < -0.39 is 11.1 Å². The SMILES string of the molecule is CSc1ccc(C=C2NC(c3ccccc3)N(c3c(Cl)cc([N+](=O)[O-])cc3Cl)C2=O)cc1. The Kier molecular flexibility index (Phi) is 6.41. The van der Waals surface area contributed by atoms with Gasteiger partial charge in [-0.2, -0.15) is 0 Å². The molecule has 1 saturated heterocycles. The molecule has 32 heavy (non-hydrogen) atoms. The van der Waals surface area contributed by atoms with E-state index in [1.165, 1.54) is 17.0 Å². The lowest BCUT2D eigenvalue weighted by molar-refractivity contribution is -0.384. The Morgan fingerprint density at radius 3 is 2.25 bits per heavy atom. The van der Waals surface area contributed by atoms with Crippen LogP contribution in [0.3, 0.4) is 0 Å². The minimum absolute atomic E-state index is 0.0193. The van der Waals surface area contributed by atoms with Gasteiger partial charge in [0, 0.05) is 17.0 Å². The van der Waals surface area contributed by atoms with Crippen molar-refractivity contribution in [3.8, 4) is 0 Å². The highest BCUT2D eigenvalue weighted by Crippen LogP contribution is 2.43. The molecule has 3 aromatic rings. The van der Waals surface area contributed by atoms with Crippen LogP contribution in [-0.2, 0) is 4.79 Å². The van der Waals surface area contributed by atoms with Crippen molar-refractivity contribution in [2.75, 3.05) is 11.2 Å². The lowest BCUT2D eigenvalue weighted by Crippen LogP contribution is -2.30. The molecule has 1 aliphatic rings. The van der Waals surface area contributed by atoms with Crippen molar-refractivity contribution in [2.24, 2.45) is 0 Å². The summed E-state index contributed by atoms with van der Waals surface area (Å²) < 4.78 is 0. The van der Waals surface area contributed by atoms with E-state index in [9.17, 15) is 14.9 Å². The maximum Gasteiger partial charge on any atom is 0.276 e. The van der Waals surface area contributed by atoms with Crippen LogP contribution in [0.15, 0.2) is 77.3 Å². The first-order valence-electron chi connectivity index (χ1n) is 9.53. The van der Waals surface area contributed by atoms with E-state index in [1.54, 1.807) is 17.8 Å². The number of amides is 1. The number of hydrogen-bond donors (Lipinski definition) is 1. The standard InChI is InChI=1S/C23H17Cl2N3O3S/c1-32-17-9-7-14(8-10-17)11-20-23(29)27(22(26-20)15-5-3-2-4-6-15)21-18(24)12-16(28(30)31)13-19(21)25/h2-13,22,26H,1H3. The van der Waals surface area contributed by atoms with Gasteiger partial charge in [-0.25, -0.2) is 0 Å². The number of anilines is 1. The Bertz CT molecular complexity index is 1190. The average Bonchev–Trinajstić information content (AvgIpc) is 3.10. The number of nitrogens with one attached hydrogen (secondary N) is 1. The molecule has 0 aliphatic carbocycles. The molecular weight excluding hydrogens is 469 g/mol. The van der Waals surface area contributed by atoms with Crippen molar-refractivity contribution < 1.29 is 9.72 Å². The number of non-ortho nitro benzene ring substituents is 1. The summed E-state index contributed by atoms with van der Waals surface area (Å²) in [5.74, 6) is -0.342. The van der Waals surface area contributed by atoms with Gasteiger partial charge in [-0.05, 0) is 35.6 Å². The fourth-order valence-corrected chi connectivity index (χ4v) is 4.54. The van der Waals surface area contributed by atoms with Gasteiger partial charge < -0.3 is 5.32 Å². The summed E-state index contributed by atoms with van der Waals surface area (Å²) in [6, 6.07) is 19.6. The van der Waals surface area contributed by atoms with E-state index in [0.717, 1.165) is 16.0 Å². The molecule has 0 aromatic heterocycles. The van der Waals surface area contributed by atoms with E-state index in [1.807, 2.05) is 60.9 Å². The number of nitro benzene ring substituents is 1. The van der Waals surface area contributed by atoms with Gasteiger partial charge in [0.25, 0.3) is 11.6 Å². The predicted molar refractivity (Wildman–Crippen MR) is 129 cm³/mol. The van der Waals surface area contributed by atoms with Crippen molar-refractivity contribution in [1.29, 1.82) is 0 Å². The molecule has 162 valence electrons. The number of carbonyl (C=O) groups is 1. The predicted octanol–water partition coefficient (Wildman–Crippen LogP) is 6.30. The zero-order valence-corrected chi connectivity index (χ0v) is 19.1. The molecule has 0 spiro atoms. The van der Waals surface area contributed by atoms with Gasteiger partial charge >= 0.3 is 0 Å². The van der Waals surface area contributed by atoms with Gasteiger partial charge in [0.05, 0.1) is 20.7 Å². The molecule has 1 heterocycles. The van der Waals surface area contributed by atoms with Gasteiger partial charge in [-0.15, -0.1) is 11.8 Å². The third-order valence-corrected chi connectivity index (χ3v) is 6.31. The zero-order valence-electron chi connectivity index (χ0n) is 16.8. The highest BCUT2D eigenvalue weighted by atomic mass is 35.5. The van der Waals surface area contributed by atoms with Gasteiger partial charge in [0.1, 0.15) is 11.9 Å². The van der Waals surface area contributed by atoms with Crippen LogP contribution < -0.4 is 10.2 Å². The molecule has 0 bridgehead atoms. The van der Waals surface area contributed by atoms with Crippen molar-refractivity contribution >= 4 is 58.3 Å². The molecule has 1 atom stereocenters. The Hall–Kier alpha value is -3.00. The van der Waals surface area contributed by atoms with Crippen LogP contribution in [0.4, 0.5) is 11.4 Å². The summed E-state index contributed by atoms with van der Waals surface area (Å²) >= 11 is 14.4. The number of rotatable bonds is 5. The highest BCUT2D eigenvalue weighted by Gasteiger charge is 2.39. The average molecular weight is 486 g/mol. The molecule has 0 saturated carbocycles. The summed E-state index contributed by atoms with van der Waals surface area (Å²) in [4.78, 5) is 26.6. The third-order valence-electron chi connectivity index (χ3n) is 5.00. The van der Waals surface area contributed by atoms with Crippen molar-refractivity contribution in [3.63, 3.8) is 0 Å². The van der Waals surface area contributed by atoms with Crippen LogP contribution in [0.2, 0.25) is 10.0 Å². The molecule has 6 nitrogen and oxygen atoms in total. The van der Waals surface area contributed by atoms with Crippen molar-refractivity contribution in [1.82, 2.24) is 5.32 Å². The van der Waals surface area contributed by atoms with E-state index in [-0.39, 0.29) is 27.3 Å². The van der Waals surface area contributed by atoms with Crippen molar-refractivity contribution in [3.05, 3.63) is 104 Å². The van der Waals surface area contributed by atoms with Gasteiger partial charge in [-0.3, -0.25) is 19.8 Å². The first-order chi connectivity index (χ1) is 15.4. The minimum Gasteiger partial charge on any atom is -0.357 e. The summed E-state index contributed by atoms with van der Waals surface area (Å²) in [6.07, 6.45) is 3.17. The molecule has 0 radical (unpaired) electrons. The quantitative estimate of drug-likeness (QED) is 0.198. The molecule has 9 heteroatoms. The molecule has 1 unspecified atom stereocenters. The van der Waals surface area contributed by atoms with Gasteiger partial charge in [0.2, 0.25) is 0 Å². The Morgan fingerprint density at radius 1 is 1.06 bits per heavy atom. The maximum atomic E-state index is 13.5. The minimum atomic E-state index is -0.586. The molecule has 4 rings (SSSR count). The van der Waals surface area contributed by atoms with Crippen LogP contribution in [0.5, 0.6) is 0 Å². The number of hydrogen-bond acceptors (Lipinski definition) is 5. The van der Waals surface area contributed by atoms with Gasteiger partial charge in [0.15, 0.2) is 0 Å². The molecule has 1 fully saturated rings. The number of carbonyl (C=O) groups excluding carboxylic acids is 1. The Balaban J connectivity index is 1.81. The highest BCUT2D eigenvalue weighted by molar-refractivity contribution is 7.98. The van der Waals surface area contributed by atoms with E-state index >= 15 is 0 Å². The number of thioether (sulfide) groups is 1. The van der Waals surface area contributed by atoms with Crippen LogP contribution in [-0.4, -0.2) is 17.1 Å². The Morgan fingerprint density at radius 2 is 1.69 bits per heavy atom. The fraction of sp³-hybridized carbons (Fsp3) is 0.0870. The second-order valence-corrected chi connectivity index (χ2v) is 8.67. The maximum absolute atomic E-state index is 13.5. The second kappa shape index (κ2) is 9.24. The largest absolute Gasteiger partial charge is 0.357 e. The lowest BCUT2D eigenvalue weighted by atomic mass is 10.1. The summed E-state index contributed by atoms with van der Waals surface area (Å²) in [5.41, 5.74) is 2.00. The van der Waals surface area contributed by atoms with Crippen molar-refractivity contribution in [2.45, 2.75) is 11.1 Å². The number of halogens is 2. The molecular formula is C23H17Cl2N3O3S. The molecule has 1 aliphatic heterocycles. The summed E-state index contributed by atoms with van der Waals surface area (Å²) in [6.45, 7) is 0. The second-order valence-electron chi connectivity index (χ2n) is 6.98. The monoisotopic (exact) mass is 485 g/mol. The van der Waals surface area contributed by atoms with E-state index in [0.29, 0.717) is 5.70 Å². The van der Waals surface area contributed by atoms with E-state index in [2.05, 4.69) is 5.32 Å². The molecule has 1 N–H and O–H groups in total. The van der Waals surface area contributed by atoms with E-state index in [4.69, 9.17) is 23.2 Å². The van der Waals surface area contributed by atoms with Crippen LogP contribution >= 0.6 is 35.0 Å². The summed E-state index contributed by atoms with van der Waals surface area (Å²) in [5, 5.41) is 14.5. The first kappa shape index (κ1) is 22.2. The fourth-order valence-electron chi connectivity index (χ4n) is 3.48. The first-order valence-corrected chi connectivity index (χ1v) is 11.5. The van der Waals surface area contributed by atoms with Gasteiger partial charge in [-0.1, -0.05) is 65.7 Å².